The molecule has 1 aliphatic heterocycles. The maximum Gasteiger partial charge on any atom is 0.0346 e. The van der Waals surface area contributed by atoms with Gasteiger partial charge in [0, 0.05) is 36.9 Å². The molecule has 1 aromatic carbocycles. The van der Waals surface area contributed by atoms with E-state index in [1.165, 1.54) is 15.6 Å². The van der Waals surface area contributed by atoms with Crippen LogP contribution in [0.25, 0.3) is 10.1 Å². The molecule has 0 amide bonds. The first kappa shape index (κ1) is 11.2. The van der Waals surface area contributed by atoms with Gasteiger partial charge in [-0.1, -0.05) is 18.2 Å². The average Bonchev–Trinajstić information content (AvgIpc) is 2.76. The normalized spacial score (nSPS) is 22.1. The molecule has 1 aliphatic rings. The van der Waals surface area contributed by atoms with Crippen LogP contribution in [0.15, 0.2) is 29.6 Å². The van der Waals surface area contributed by atoms with E-state index in [2.05, 4.69) is 46.8 Å². The van der Waals surface area contributed by atoms with Crippen LogP contribution in [0.5, 0.6) is 0 Å². The third-order valence-corrected chi connectivity index (χ3v) is 4.59. The second kappa shape index (κ2) is 4.77. The number of nitrogens with zero attached hydrogens (tertiary/aromatic N) is 1. The summed E-state index contributed by atoms with van der Waals surface area (Å²) in [5.74, 6) is 0. The zero-order valence-corrected chi connectivity index (χ0v) is 11.0. The molecule has 2 nitrogen and oxygen atoms in total. The van der Waals surface area contributed by atoms with E-state index in [0.29, 0.717) is 6.04 Å². The van der Waals surface area contributed by atoms with Gasteiger partial charge in [0.15, 0.2) is 0 Å². The molecule has 90 valence electrons. The molecule has 0 saturated carbocycles. The summed E-state index contributed by atoms with van der Waals surface area (Å²) in [6.07, 6.45) is 0. The third kappa shape index (κ3) is 2.23. The van der Waals surface area contributed by atoms with Crippen molar-refractivity contribution in [2.24, 2.45) is 0 Å². The van der Waals surface area contributed by atoms with Gasteiger partial charge in [0.1, 0.15) is 0 Å². The number of rotatable bonds is 2. The Labute approximate surface area is 106 Å². The molecule has 1 N–H and O–H groups in total. The summed E-state index contributed by atoms with van der Waals surface area (Å²) in [6, 6.07) is 9.36. The van der Waals surface area contributed by atoms with E-state index in [0.717, 1.165) is 26.2 Å². The molecule has 1 unspecified atom stereocenters. The zero-order valence-electron chi connectivity index (χ0n) is 10.1. The highest BCUT2D eigenvalue weighted by Gasteiger charge is 2.18. The first-order valence-corrected chi connectivity index (χ1v) is 7.12. The molecule has 1 fully saturated rings. The molecule has 2 heterocycles. The molecule has 3 heteroatoms. The summed E-state index contributed by atoms with van der Waals surface area (Å²) in [5, 5.41) is 7.19. The molecule has 17 heavy (non-hydrogen) atoms. The fourth-order valence-electron chi connectivity index (χ4n) is 2.49. The molecule has 1 aromatic heterocycles. The Bertz CT molecular complexity index is 506. The van der Waals surface area contributed by atoms with Crippen molar-refractivity contribution >= 4 is 21.4 Å². The number of hydrogen-bond donors (Lipinski definition) is 1. The Kier molecular flexibility index (Phi) is 3.14. The third-order valence-electron chi connectivity index (χ3n) is 3.57. The zero-order chi connectivity index (χ0) is 11.7. The van der Waals surface area contributed by atoms with E-state index in [-0.39, 0.29) is 0 Å². The van der Waals surface area contributed by atoms with Gasteiger partial charge in [-0.05, 0) is 29.3 Å². The van der Waals surface area contributed by atoms with Crippen LogP contribution in [0.3, 0.4) is 0 Å². The van der Waals surface area contributed by atoms with Gasteiger partial charge in [0.25, 0.3) is 0 Å². The molecular weight excluding hydrogens is 228 g/mol. The summed E-state index contributed by atoms with van der Waals surface area (Å²) in [5.41, 5.74) is 1.49. The number of thiophene rings is 1. The molecule has 0 aliphatic carbocycles. The molecule has 1 saturated heterocycles. The number of benzene rings is 1. The van der Waals surface area contributed by atoms with Crippen molar-refractivity contribution in [2.75, 3.05) is 19.6 Å². The van der Waals surface area contributed by atoms with E-state index in [9.17, 15) is 0 Å². The Hall–Kier alpha value is -0.900. The van der Waals surface area contributed by atoms with Crippen molar-refractivity contribution in [3.63, 3.8) is 0 Å². The number of hydrogen-bond acceptors (Lipinski definition) is 3. The molecule has 0 spiro atoms. The fraction of sp³-hybridized carbons (Fsp3) is 0.429. The molecule has 0 radical (unpaired) electrons. The summed E-state index contributed by atoms with van der Waals surface area (Å²) in [7, 11) is 0. The van der Waals surface area contributed by atoms with Gasteiger partial charge < -0.3 is 5.32 Å². The lowest BCUT2D eigenvalue weighted by atomic mass is 10.1. The van der Waals surface area contributed by atoms with Gasteiger partial charge in [-0.2, -0.15) is 0 Å². The fourth-order valence-corrected chi connectivity index (χ4v) is 3.45. The summed E-state index contributed by atoms with van der Waals surface area (Å²) >= 11 is 1.86. The quantitative estimate of drug-likeness (QED) is 0.876. The van der Waals surface area contributed by atoms with Crippen LogP contribution in [0.1, 0.15) is 12.5 Å². The first-order chi connectivity index (χ1) is 8.34. The largest absolute Gasteiger partial charge is 0.314 e. The van der Waals surface area contributed by atoms with Crippen LogP contribution in [0.2, 0.25) is 0 Å². The van der Waals surface area contributed by atoms with Gasteiger partial charge in [0.05, 0.1) is 0 Å². The van der Waals surface area contributed by atoms with Crippen LogP contribution in [0.4, 0.5) is 0 Å². The summed E-state index contributed by atoms with van der Waals surface area (Å²) in [4.78, 5) is 2.57. The van der Waals surface area contributed by atoms with Gasteiger partial charge in [0.2, 0.25) is 0 Å². The minimum Gasteiger partial charge on any atom is -0.314 e. The topological polar surface area (TPSA) is 15.3 Å². The summed E-state index contributed by atoms with van der Waals surface area (Å²) in [6.45, 7) is 6.79. The predicted molar refractivity (Wildman–Crippen MR) is 74.6 cm³/mol. The molecule has 3 rings (SSSR count). The number of nitrogens with one attached hydrogen (secondary N) is 1. The highest BCUT2D eigenvalue weighted by molar-refractivity contribution is 7.17. The van der Waals surface area contributed by atoms with Gasteiger partial charge in [-0.3, -0.25) is 4.90 Å². The van der Waals surface area contributed by atoms with Crippen molar-refractivity contribution in [1.82, 2.24) is 10.2 Å². The van der Waals surface area contributed by atoms with Gasteiger partial charge >= 0.3 is 0 Å². The molecule has 1 atom stereocenters. The molecular formula is C14H18N2S. The molecule has 0 bridgehead atoms. The van der Waals surface area contributed by atoms with Crippen LogP contribution in [0, 0.1) is 0 Å². The SMILES string of the molecule is CC1CNCCN1Cc1csc2ccccc12. The van der Waals surface area contributed by atoms with Gasteiger partial charge in [-0.25, -0.2) is 0 Å². The monoisotopic (exact) mass is 246 g/mol. The Morgan fingerprint density at radius 1 is 1.41 bits per heavy atom. The second-order valence-electron chi connectivity index (χ2n) is 4.78. The lowest BCUT2D eigenvalue weighted by Crippen LogP contribution is -2.49. The van der Waals surface area contributed by atoms with E-state index in [1.54, 1.807) is 0 Å². The Balaban J connectivity index is 1.84. The standard InChI is InChI=1S/C14H18N2S/c1-11-8-15-6-7-16(11)9-12-10-17-14-5-3-2-4-13(12)14/h2-5,10-11,15H,6-9H2,1H3. The number of fused-ring (bicyclic) bond motifs is 1. The van der Waals surface area contributed by atoms with E-state index < -0.39 is 0 Å². The maximum atomic E-state index is 3.44. The van der Waals surface area contributed by atoms with Crippen LogP contribution < -0.4 is 5.32 Å². The second-order valence-corrected chi connectivity index (χ2v) is 5.69. The lowest BCUT2D eigenvalue weighted by Gasteiger charge is -2.33. The van der Waals surface area contributed by atoms with E-state index >= 15 is 0 Å². The Morgan fingerprint density at radius 3 is 3.18 bits per heavy atom. The van der Waals surface area contributed by atoms with Crippen molar-refractivity contribution in [3.05, 3.63) is 35.2 Å². The Morgan fingerprint density at radius 2 is 2.29 bits per heavy atom. The van der Waals surface area contributed by atoms with Crippen molar-refractivity contribution in [1.29, 1.82) is 0 Å². The van der Waals surface area contributed by atoms with E-state index in [4.69, 9.17) is 0 Å². The van der Waals surface area contributed by atoms with Crippen molar-refractivity contribution in [2.45, 2.75) is 19.5 Å². The van der Waals surface area contributed by atoms with Gasteiger partial charge in [-0.15, -0.1) is 11.3 Å². The summed E-state index contributed by atoms with van der Waals surface area (Å²) < 4.78 is 1.41. The highest BCUT2D eigenvalue weighted by atomic mass is 32.1. The van der Waals surface area contributed by atoms with Crippen LogP contribution in [-0.4, -0.2) is 30.6 Å². The van der Waals surface area contributed by atoms with Crippen molar-refractivity contribution in [3.8, 4) is 0 Å². The first-order valence-electron chi connectivity index (χ1n) is 6.24. The van der Waals surface area contributed by atoms with Crippen molar-refractivity contribution < 1.29 is 0 Å². The lowest BCUT2D eigenvalue weighted by molar-refractivity contribution is 0.166. The number of piperazine rings is 1. The maximum absolute atomic E-state index is 3.44. The molecule has 2 aromatic rings. The minimum atomic E-state index is 0.641. The smallest absolute Gasteiger partial charge is 0.0346 e. The van der Waals surface area contributed by atoms with E-state index in [1.807, 2.05) is 11.3 Å². The predicted octanol–water partition coefficient (Wildman–Crippen LogP) is 2.70. The average molecular weight is 246 g/mol. The minimum absolute atomic E-state index is 0.641. The van der Waals surface area contributed by atoms with Crippen LogP contribution in [-0.2, 0) is 6.54 Å². The van der Waals surface area contributed by atoms with Crippen LogP contribution >= 0.6 is 11.3 Å². The highest BCUT2D eigenvalue weighted by Crippen LogP contribution is 2.27.